The molecule has 2 aromatic heterocycles. The molecule has 0 saturated heterocycles. The van der Waals surface area contributed by atoms with Crippen molar-refractivity contribution >= 4 is 28.5 Å². The predicted molar refractivity (Wildman–Crippen MR) is 169 cm³/mol. The first-order valence-corrected chi connectivity index (χ1v) is 14.8. The molecule has 0 aliphatic rings. The minimum Gasteiger partial charge on any atom is -0.436 e. The summed E-state index contributed by atoms with van der Waals surface area (Å²) in [5.41, 5.74) is 5.10. The molecule has 0 bridgehead atoms. The molecule has 222 valence electrons. The van der Waals surface area contributed by atoms with Gasteiger partial charge < -0.3 is 19.6 Å². The second-order valence-corrected chi connectivity index (χ2v) is 10.8. The van der Waals surface area contributed by atoms with E-state index in [1.165, 1.54) is 0 Å². The monoisotopic (exact) mass is 578 g/mol. The molecular weight excluding hydrogens is 540 g/mol. The molecule has 9 heteroatoms. The number of H-pyrrole nitrogens is 1. The number of benzene rings is 3. The summed E-state index contributed by atoms with van der Waals surface area (Å²) in [7, 11) is 1.94. The largest absolute Gasteiger partial charge is 0.436 e. The molecule has 2 N–H and O–H groups in total. The van der Waals surface area contributed by atoms with Crippen LogP contribution in [0.4, 0.5) is 5.69 Å². The van der Waals surface area contributed by atoms with Crippen LogP contribution in [0.25, 0.3) is 33.8 Å². The molecule has 3 aromatic carbocycles. The van der Waals surface area contributed by atoms with Gasteiger partial charge in [0.05, 0.1) is 36.7 Å². The third-order valence-corrected chi connectivity index (χ3v) is 7.14. The van der Waals surface area contributed by atoms with Crippen LogP contribution in [0.3, 0.4) is 0 Å². The number of hydrogen-bond acceptors (Lipinski definition) is 6. The van der Waals surface area contributed by atoms with E-state index in [9.17, 15) is 9.59 Å². The third-order valence-electron chi connectivity index (χ3n) is 7.14. The van der Waals surface area contributed by atoms with Gasteiger partial charge in [-0.15, -0.1) is 0 Å². The van der Waals surface area contributed by atoms with Gasteiger partial charge in [-0.05, 0) is 74.5 Å². The standard InChI is InChI=1S/C34H38N6O3/c1-4-17-39(3)23-32(41)36-27-14-11-25(12-15-27)34-35-21-30(43-34)26-13-16-28-29(20-26)38-31(37-28)22-40(18-5-2)33(42)19-24-9-7-6-8-10-24/h6-16,20-21H,4-5,17-19,22-23H2,1-3H3,(H,36,41)(H,37,38). The van der Waals surface area contributed by atoms with E-state index in [1.807, 2.05) is 89.6 Å². The van der Waals surface area contributed by atoms with Crippen molar-refractivity contribution in [3.8, 4) is 22.8 Å². The molecule has 9 nitrogen and oxygen atoms in total. The van der Waals surface area contributed by atoms with E-state index < -0.39 is 0 Å². The summed E-state index contributed by atoms with van der Waals surface area (Å²) >= 11 is 0. The number of oxazole rings is 1. The summed E-state index contributed by atoms with van der Waals surface area (Å²) in [5.74, 6) is 1.90. The van der Waals surface area contributed by atoms with Gasteiger partial charge in [0.15, 0.2) is 5.76 Å². The number of nitrogens with one attached hydrogen (secondary N) is 2. The van der Waals surface area contributed by atoms with Crippen LogP contribution in [-0.4, -0.2) is 63.2 Å². The van der Waals surface area contributed by atoms with Crippen LogP contribution in [0.5, 0.6) is 0 Å². The Balaban J connectivity index is 1.25. The van der Waals surface area contributed by atoms with E-state index in [0.29, 0.717) is 37.7 Å². The van der Waals surface area contributed by atoms with Gasteiger partial charge in [-0.2, -0.15) is 0 Å². The van der Waals surface area contributed by atoms with E-state index in [0.717, 1.165) is 58.6 Å². The van der Waals surface area contributed by atoms with Crippen LogP contribution in [-0.2, 0) is 22.6 Å². The zero-order valence-electron chi connectivity index (χ0n) is 25.0. The Labute approximate surface area is 251 Å². The number of amides is 2. The van der Waals surface area contributed by atoms with Gasteiger partial charge >= 0.3 is 0 Å². The molecule has 5 rings (SSSR count). The van der Waals surface area contributed by atoms with Gasteiger partial charge in [-0.25, -0.2) is 9.97 Å². The maximum Gasteiger partial charge on any atom is 0.238 e. The Morgan fingerprint density at radius 2 is 1.67 bits per heavy atom. The number of hydrogen-bond donors (Lipinski definition) is 2. The molecule has 0 saturated carbocycles. The molecule has 0 aliphatic heterocycles. The summed E-state index contributed by atoms with van der Waals surface area (Å²) in [4.78, 5) is 41.8. The molecule has 0 spiro atoms. The number of aromatic amines is 1. The lowest BCUT2D eigenvalue weighted by Gasteiger charge is -2.21. The van der Waals surface area contributed by atoms with Gasteiger partial charge in [-0.1, -0.05) is 44.2 Å². The van der Waals surface area contributed by atoms with E-state index >= 15 is 0 Å². The molecule has 5 aromatic rings. The predicted octanol–water partition coefficient (Wildman–Crippen LogP) is 6.15. The lowest BCUT2D eigenvalue weighted by molar-refractivity contribution is -0.131. The van der Waals surface area contributed by atoms with Crippen molar-refractivity contribution in [2.75, 3.05) is 32.0 Å². The van der Waals surface area contributed by atoms with E-state index in [1.54, 1.807) is 6.20 Å². The summed E-state index contributed by atoms with van der Waals surface area (Å²) in [6, 6.07) is 23.2. The maximum absolute atomic E-state index is 13.1. The average molecular weight is 579 g/mol. The van der Waals surface area contributed by atoms with Crippen molar-refractivity contribution in [3.63, 3.8) is 0 Å². The molecule has 43 heavy (non-hydrogen) atoms. The third kappa shape index (κ3) is 7.75. The van der Waals surface area contributed by atoms with Crippen LogP contribution in [0.15, 0.2) is 83.4 Å². The topological polar surface area (TPSA) is 107 Å². The highest BCUT2D eigenvalue weighted by atomic mass is 16.4. The average Bonchev–Trinajstić information content (AvgIpc) is 3.65. The maximum atomic E-state index is 13.1. The number of imidazole rings is 1. The second kappa shape index (κ2) is 13.9. The Morgan fingerprint density at radius 1 is 0.930 bits per heavy atom. The molecule has 0 atom stereocenters. The second-order valence-electron chi connectivity index (χ2n) is 10.8. The van der Waals surface area contributed by atoms with Crippen molar-refractivity contribution in [1.29, 1.82) is 0 Å². The first kappa shape index (κ1) is 29.7. The van der Waals surface area contributed by atoms with E-state index in [-0.39, 0.29) is 11.8 Å². The highest BCUT2D eigenvalue weighted by molar-refractivity contribution is 5.92. The normalized spacial score (nSPS) is 11.3. The van der Waals surface area contributed by atoms with Gasteiger partial charge in [0.25, 0.3) is 0 Å². The van der Waals surface area contributed by atoms with Gasteiger partial charge in [-0.3, -0.25) is 14.5 Å². The quantitative estimate of drug-likeness (QED) is 0.174. The summed E-state index contributed by atoms with van der Waals surface area (Å²) < 4.78 is 6.10. The molecule has 2 amide bonds. The highest BCUT2D eigenvalue weighted by Gasteiger charge is 2.17. The number of nitrogens with zero attached hydrogens (tertiary/aromatic N) is 4. The van der Waals surface area contributed by atoms with Crippen molar-refractivity contribution in [2.24, 2.45) is 0 Å². The first-order valence-electron chi connectivity index (χ1n) is 14.8. The summed E-state index contributed by atoms with van der Waals surface area (Å²) in [5, 5.41) is 2.93. The van der Waals surface area contributed by atoms with Crippen molar-refractivity contribution in [1.82, 2.24) is 24.8 Å². The SMILES string of the molecule is CCCN(C)CC(=O)Nc1ccc(-c2ncc(-c3ccc4nc(CN(CCC)C(=O)Cc5ccccc5)[nH]c4c3)o2)cc1. The van der Waals surface area contributed by atoms with Crippen molar-refractivity contribution in [3.05, 3.63) is 90.4 Å². The molecule has 0 aliphatic carbocycles. The fraction of sp³-hybridized carbons (Fsp3) is 0.294. The summed E-state index contributed by atoms with van der Waals surface area (Å²) in [6.07, 6.45) is 3.95. The number of carbonyl (C=O) groups is 2. The summed E-state index contributed by atoms with van der Waals surface area (Å²) in [6.45, 7) is 6.47. The van der Waals surface area contributed by atoms with Crippen LogP contribution in [0, 0.1) is 0 Å². The fourth-order valence-corrected chi connectivity index (χ4v) is 5.06. The Bertz CT molecular complexity index is 1660. The molecular formula is C34H38N6O3. The zero-order valence-corrected chi connectivity index (χ0v) is 25.0. The molecule has 2 heterocycles. The van der Waals surface area contributed by atoms with Crippen LogP contribution < -0.4 is 5.32 Å². The van der Waals surface area contributed by atoms with Gasteiger partial charge in [0.2, 0.25) is 17.7 Å². The zero-order chi connectivity index (χ0) is 30.2. The van der Waals surface area contributed by atoms with Crippen LogP contribution >= 0.6 is 0 Å². The Kier molecular flexibility index (Phi) is 9.63. The van der Waals surface area contributed by atoms with Crippen LogP contribution in [0.2, 0.25) is 0 Å². The molecule has 0 unspecified atom stereocenters. The van der Waals surface area contributed by atoms with Gasteiger partial charge in [0.1, 0.15) is 5.82 Å². The van der Waals surface area contributed by atoms with Crippen molar-refractivity contribution in [2.45, 2.75) is 39.7 Å². The lowest BCUT2D eigenvalue weighted by Crippen LogP contribution is -2.33. The van der Waals surface area contributed by atoms with Gasteiger partial charge in [0, 0.05) is 23.4 Å². The van der Waals surface area contributed by atoms with E-state index in [4.69, 9.17) is 9.40 Å². The lowest BCUT2D eigenvalue weighted by atomic mass is 10.1. The number of carbonyl (C=O) groups excluding carboxylic acids is 2. The van der Waals surface area contributed by atoms with Crippen molar-refractivity contribution < 1.29 is 14.0 Å². The highest BCUT2D eigenvalue weighted by Crippen LogP contribution is 2.29. The number of fused-ring (bicyclic) bond motifs is 1. The number of rotatable bonds is 13. The number of aromatic nitrogens is 3. The number of likely N-dealkylation sites (N-methyl/N-ethyl adjacent to an activating group) is 1. The van der Waals surface area contributed by atoms with Crippen LogP contribution in [0.1, 0.15) is 38.1 Å². The minimum atomic E-state index is -0.0451. The van der Waals surface area contributed by atoms with E-state index in [2.05, 4.69) is 29.1 Å². The Hall–Kier alpha value is -4.76. The Morgan fingerprint density at radius 3 is 2.42 bits per heavy atom. The molecule has 0 fully saturated rings. The number of anilines is 1. The molecule has 0 radical (unpaired) electrons. The minimum absolute atomic E-state index is 0.0451. The smallest absolute Gasteiger partial charge is 0.238 e. The fourth-order valence-electron chi connectivity index (χ4n) is 5.06. The first-order chi connectivity index (χ1) is 20.9.